The smallest absolute Gasteiger partial charge is 0.158 e. The van der Waals surface area contributed by atoms with Gasteiger partial charge in [0.1, 0.15) is 0 Å². The average molecular weight is 258 g/mol. The van der Waals surface area contributed by atoms with Crippen LogP contribution in [0.2, 0.25) is 0 Å². The van der Waals surface area contributed by atoms with Crippen LogP contribution in [0.5, 0.6) is 0 Å². The van der Waals surface area contributed by atoms with Crippen molar-refractivity contribution in [1.82, 2.24) is 4.90 Å². The van der Waals surface area contributed by atoms with Crippen LogP contribution in [0.1, 0.15) is 39.5 Å². The van der Waals surface area contributed by atoms with Crippen LogP contribution in [0.4, 0.5) is 0 Å². The minimum Gasteiger partial charge on any atom is -0.356 e. The van der Waals surface area contributed by atoms with E-state index in [1.54, 1.807) is 14.2 Å². The van der Waals surface area contributed by atoms with Crippen LogP contribution < -0.4 is 5.73 Å². The summed E-state index contributed by atoms with van der Waals surface area (Å²) in [6.07, 6.45) is 4.55. The maximum atomic E-state index is 6.03. The summed E-state index contributed by atoms with van der Waals surface area (Å²) in [5, 5.41) is 0. The summed E-state index contributed by atoms with van der Waals surface area (Å²) in [5.41, 5.74) is 6.01. The lowest BCUT2D eigenvalue weighted by molar-refractivity contribution is -0.131. The van der Waals surface area contributed by atoms with Crippen molar-refractivity contribution in [2.75, 3.05) is 33.9 Å². The standard InChI is InChI=1S/C14H30N2O2/c1-5-12-7-6-8-16(10-12)14(2,11-15)9-13(17-3)18-4/h12-13H,5-11,15H2,1-4H3. The molecule has 2 N–H and O–H groups in total. The molecule has 1 aliphatic rings. The van der Waals surface area contributed by atoms with Gasteiger partial charge in [-0.3, -0.25) is 4.90 Å². The van der Waals surface area contributed by atoms with Crippen LogP contribution in [0.25, 0.3) is 0 Å². The fraction of sp³-hybridized carbons (Fsp3) is 1.00. The fourth-order valence-electron chi connectivity index (χ4n) is 2.85. The number of rotatable bonds is 7. The van der Waals surface area contributed by atoms with Crippen LogP contribution in [0.15, 0.2) is 0 Å². The summed E-state index contributed by atoms with van der Waals surface area (Å²) in [6, 6.07) is 0. The van der Waals surface area contributed by atoms with Crippen LogP contribution in [-0.4, -0.2) is 50.6 Å². The zero-order chi connectivity index (χ0) is 13.6. The molecule has 1 aliphatic heterocycles. The van der Waals surface area contributed by atoms with Gasteiger partial charge in [0.15, 0.2) is 6.29 Å². The van der Waals surface area contributed by atoms with E-state index in [1.807, 2.05) is 0 Å². The van der Waals surface area contributed by atoms with Gasteiger partial charge in [0, 0.05) is 39.3 Å². The maximum Gasteiger partial charge on any atom is 0.158 e. The second-order valence-corrected chi connectivity index (χ2v) is 5.67. The summed E-state index contributed by atoms with van der Waals surface area (Å²) < 4.78 is 10.7. The summed E-state index contributed by atoms with van der Waals surface area (Å²) in [4.78, 5) is 2.54. The van der Waals surface area contributed by atoms with Gasteiger partial charge in [-0.15, -0.1) is 0 Å². The van der Waals surface area contributed by atoms with E-state index in [9.17, 15) is 0 Å². The minimum absolute atomic E-state index is 0.0233. The van der Waals surface area contributed by atoms with Crippen LogP contribution in [-0.2, 0) is 9.47 Å². The van der Waals surface area contributed by atoms with E-state index in [1.165, 1.54) is 19.3 Å². The van der Waals surface area contributed by atoms with Crippen LogP contribution in [0.3, 0.4) is 0 Å². The van der Waals surface area contributed by atoms with Crippen LogP contribution in [0, 0.1) is 5.92 Å². The first-order chi connectivity index (χ1) is 8.59. The predicted octanol–water partition coefficient (Wildman–Crippen LogP) is 1.83. The molecule has 0 aliphatic carbocycles. The number of nitrogens with two attached hydrogens (primary N) is 1. The second-order valence-electron chi connectivity index (χ2n) is 5.67. The lowest BCUT2D eigenvalue weighted by Gasteiger charge is -2.46. The van der Waals surface area contributed by atoms with E-state index in [-0.39, 0.29) is 11.8 Å². The first-order valence-electron chi connectivity index (χ1n) is 7.10. The third-order valence-electron chi connectivity index (χ3n) is 4.43. The first-order valence-corrected chi connectivity index (χ1v) is 7.10. The van der Waals surface area contributed by atoms with Gasteiger partial charge in [0.05, 0.1) is 0 Å². The van der Waals surface area contributed by atoms with Gasteiger partial charge in [-0.1, -0.05) is 13.3 Å². The molecule has 2 atom stereocenters. The Hall–Kier alpha value is -0.160. The molecule has 18 heavy (non-hydrogen) atoms. The van der Waals surface area contributed by atoms with Crippen LogP contribution >= 0.6 is 0 Å². The van der Waals surface area contributed by atoms with Crippen molar-refractivity contribution in [2.45, 2.75) is 51.4 Å². The summed E-state index contributed by atoms with van der Waals surface area (Å²) in [6.45, 7) is 7.46. The number of nitrogens with zero attached hydrogens (tertiary/aromatic N) is 1. The molecule has 4 nitrogen and oxygen atoms in total. The van der Waals surface area contributed by atoms with Gasteiger partial charge in [-0.05, 0) is 32.2 Å². The third kappa shape index (κ3) is 3.92. The Labute approximate surface area is 112 Å². The van der Waals surface area contributed by atoms with Crippen molar-refractivity contribution in [3.05, 3.63) is 0 Å². The molecule has 0 aromatic heterocycles. The predicted molar refractivity (Wildman–Crippen MR) is 74.5 cm³/mol. The molecule has 1 fully saturated rings. The van der Waals surface area contributed by atoms with Gasteiger partial charge in [-0.25, -0.2) is 0 Å². The van der Waals surface area contributed by atoms with E-state index in [4.69, 9.17) is 15.2 Å². The number of piperidine rings is 1. The quantitative estimate of drug-likeness (QED) is 0.708. The van der Waals surface area contributed by atoms with E-state index in [2.05, 4.69) is 18.7 Å². The van der Waals surface area contributed by atoms with Crippen molar-refractivity contribution < 1.29 is 9.47 Å². The highest BCUT2D eigenvalue weighted by molar-refractivity contribution is 4.91. The molecule has 0 aromatic rings. The van der Waals surface area contributed by atoms with Gasteiger partial charge in [0.25, 0.3) is 0 Å². The molecule has 2 unspecified atom stereocenters. The monoisotopic (exact) mass is 258 g/mol. The minimum atomic E-state index is -0.166. The molecular formula is C14H30N2O2. The molecule has 1 saturated heterocycles. The van der Waals surface area contributed by atoms with E-state index in [0.717, 1.165) is 25.4 Å². The van der Waals surface area contributed by atoms with E-state index < -0.39 is 0 Å². The topological polar surface area (TPSA) is 47.7 Å². The summed E-state index contributed by atoms with van der Waals surface area (Å²) >= 11 is 0. The molecule has 0 radical (unpaired) electrons. The summed E-state index contributed by atoms with van der Waals surface area (Å²) in [5.74, 6) is 0.813. The van der Waals surface area contributed by atoms with Gasteiger partial charge in [0.2, 0.25) is 0 Å². The number of hydrogen-bond acceptors (Lipinski definition) is 4. The molecule has 1 heterocycles. The fourth-order valence-corrected chi connectivity index (χ4v) is 2.85. The lowest BCUT2D eigenvalue weighted by Crippen LogP contribution is -2.56. The van der Waals surface area contributed by atoms with Crippen molar-refractivity contribution in [3.8, 4) is 0 Å². The van der Waals surface area contributed by atoms with E-state index in [0.29, 0.717) is 6.54 Å². The van der Waals surface area contributed by atoms with Gasteiger partial charge >= 0.3 is 0 Å². The Morgan fingerprint density at radius 2 is 2.06 bits per heavy atom. The summed E-state index contributed by atoms with van der Waals surface area (Å²) in [7, 11) is 3.38. The van der Waals surface area contributed by atoms with Crippen molar-refractivity contribution in [2.24, 2.45) is 11.7 Å². The number of ether oxygens (including phenoxy) is 2. The average Bonchev–Trinajstić information content (AvgIpc) is 2.44. The SMILES string of the molecule is CCC1CCCN(C(C)(CN)CC(OC)OC)C1. The zero-order valence-electron chi connectivity index (χ0n) is 12.4. The Balaban J connectivity index is 2.66. The Morgan fingerprint density at radius 1 is 1.39 bits per heavy atom. The van der Waals surface area contributed by atoms with Gasteiger partial charge < -0.3 is 15.2 Å². The van der Waals surface area contributed by atoms with Gasteiger partial charge in [-0.2, -0.15) is 0 Å². The molecule has 0 spiro atoms. The Morgan fingerprint density at radius 3 is 2.56 bits per heavy atom. The third-order valence-corrected chi connectivity index (χ3v) is 4.43. The molecule has 0 amide bonds. The highest BCUT2D eigenvalue weighted by Gasteiger charge is 2.36. The maximum absolute atomic E-state index is 6.03. The number of methoxy groups -OCH3 is 2. The van der Waals surface area contributed by atoms with Crippen molar-refractivity contribution in [1.29, 1.82) is 0 Å². The zero-order valence-corrected chi connectivity index (χ0v) is 12.4. The second kappa shape index (κ2) is 7.43. The molecule has 0 saturated carbocycles. The van der Waals surface area contributed by atoms with E-state index >= 15 is 0 Å². The Kier molecular flexibility index (Phi) is 6.57. The molecular weight excluding hydrogens is 228 g/mol. The van der Waals surface area contributed by atoms with Crippen molar-refractivity contribution in [3.63, 3.8) is 0 Å². The molecule has 0 bridgehead atoms. The van der Waals surface area contributed by atoms with Crippen molar-refractivity contribution >= 4 is 0 Å². The first kappa shape index (κ1) is 15.9. The highest BCUT2D eigenvalue weighted by Crippen LogP contribution is 2.29. The molecule has 4 heteroatoms. The number of hydrogen-bond donors (Lipinski definition) is 1. The molecule has 1 rings (SSSR count). The largest absolute Gasteiger partial charge is 0.356 e. The Bertz CT molecular complexity index is 234. The molecule has 0 aromatic carbocycles. The highest BCUT2D eigenvalue weighted by atomic mass is 16.7. The number of likely N-dealkylation sites (tertiary alicyclic amines) is 1. The normalized spacial score (nSPS) is 25.3. The molecule has 108 valence electrons. The lowest BCUT2D eigenvalue weighted by atomic mass is 9.88.